The fourth-order valence-corrected chi connectivity index (χ4v) is 3.24. The van der Waals surface area contributed by atoms with Gasteiger partial charge in [-0.3, -0.25) is 22.0 Å². The van der Waals surface area contributed by atoms with E-state index in [1.165, 1.54) is 0 Å². The van der Waals surface area contributed by atoms with E-state index in [4.69, 9.17) is 28.7 Å². The summed E-state index contributed by atoms with van der Waals surface area (Å²) in [6.07, 6.45) is 0. The highest BCUT2D eigenvalue weighted by atomic mass is 127. The SMILES string of the molecule is NC(N)(N)C(=O)c1ccc2c(c1)C(N)(N)c1cc(I)ccc1-2. The van der Waals surface area contributed by atoms with E-state index in [1.807, 2.05) is 18.2 Å². The van der Waals surface area contributed by atoms with Gasteiger partial charge in [0.05, 0.1) is 0 Å². The zero-order valence-corrected chi connectivity index (χ0v) is 13.8. The molecule has 0 heterocycles. The number of Topliss-reactive ketones (excluding diaryl/α,β-unsaturated/α-hetero) is 1. The van der Waals surface area contributed by atoms with Gasteiger partial charge in [0.1, 0.15) is 5.66 Å². The molecule has 0 unspecified atom stereocenters. The summed E-state index contributed by atoms with van der Waals surface area (Å²) in [6, 6.07) is 10.9. The number of nitrogens with two attached hydrogens (primary N) is 5. The van der Waals surface area contributed by atoms with Gasteiger partial charge in [-0.25, -0.2) is 0 Å². The van der Waals surface area contributed by atoms with Crippen LogP contribution in [0.15, 0.2) is 36.4 Å². The van der Waals surface area contributed by atoms with Gasteiger partial charge in [-0.15, -0.1) is 0 Å². The summed E-state index contributed by atoms with van der Waals surface area (Å²) in [6.45, 7) is 0. The predicted octanol–water partition coefficient (Wildman–Crippen LogP) is 0.103. The lowest BCUT2D eigenvalue weighted by Gasteiger charge is -2.23. The number of carbonyl (C=O) groups excluding carboxylic acids is 1. The molecule has 1 aliphatic rings. The third kappa shape index (κ3) is 2.26. The molecule has 22 heavy (non-hydrogen) atoms. The number of hydrogen-bond acceptors (Lipinski definition) is 6. The Morgan fingerprint density at radius 2 is 1.50 bits per heavy atom. The molecule has 3 rings (SSSR count). The van der Waals surface area contributed by atoms with Crippen molar-refractivity contribution in [3.05, 3.63) is 56.7 Å². The van der Waals surface area contributed by atoms with E-state index in [2.05, 4.69) is 22.6 Å². The minimum atomic E-state index is -1.93. The number of carbonyl (C=O) groups is 1. The van der Waals surface area contributed by atoms with Crippen LogP contribution in [0.4, 0.5) is 0 Å². The molecule has 1 aliphatic carbocycles. The average Bonchev–Trinajstić information content (AvgIpc) is 2.65. The molecule has 0 amide bonds. The molecule has 0 radical (unpaired) electrons. The number of hydrogen-bond donors (Lipinski definition) is 5. The Balaban J connectivity index is 2.19. The normalized spacial score (nSPS) is 15.4. The molecule has 0 aromatic heterocycles. The predicted molar refractivity (Wildman–Crippen MR) is 93.4 cm³/mol. The van der Waals surface area contributed by atoms with Crippen molar-refractivity contribution in [3.63, 3.8) is 0 Å². The first kappa shape index (κ1) is 15.5. The van der Waals surface area contributed by atoms with E-state index in [0.29, 0.717) is 5.56 Å². The van der Waals surface area contributed by atoms with Crippen molar-refractivity contribution in [2.45, 2.75) is 11.4 Å². The standard InChI is InChI=1S/C15H16IN5O/c16-8-2-4-10-9-3-1-7(13(22)15(19,20)21)5-11(9)14(17,18)12(10)6-8/h1-6H,17-21H2. The van der Waals surface area contributed by atoms with Crippen molar-refractivity contribution in [1.29, 1.82) is 0 Å². The summed E-state index contributed by atoms with van der Waals surface area (Å²) in [5, 5.41) is 0. The summed E-state index contributed by atoms with van der Waals surface area (Å²) in [5.74, 6) is -2.50. The highest BCUT2D eigenvalue weighted by molar-refractivity contribution is 14.1. The van der Waals surface area contributed by atoms with Gasteiger partial charge in [0.25, 0.3) is 0 Å². The minimum Gasteiger partial charge on any atom is -0.306 e. The highest BCUT2D eigenvalue weighted by Gasteiger charge is 2.38. The fourth-order valence-electron chi connectivity index (χ4n) is 2.75. The van der Waals surface area contributed by atoms with Gasteiger partial charge >= 0.3 is 0 Å². The molecule has 6 nitrogen and oxygen atoms in total. The number of rotatable bonds is 2. The Morgan fingerprint density at radius 1 is 0.955 bits per heavy atom. The van der Waals surface area contributed by atoms with Gasteiger partial charge in [-0.1, -0.05) is 18.2 Å². The van der Waals surface area contributed by atoms with Crippen LogP contribution in [0, 0.1) is 3.57 Å². The third-order valence-electron chi connectivity index (χ3n) is 3.84. The van der Waals surface area contributed by atoms with Crippen molar-refractivity contribution in [2.24, 2.45) is 28.7 Å². The van der Waals surface area contributed by atoms with Gasteiger partial charge < -0.3 is 11.5 Å². The molecule has 10 N–H and O–H groups in total. The lowest BCUT2D eigenvalue weighted by molar-refractivity contribution is 0.0896. The molecule has 0 atom stereocenters. The number of ketones is 1. The molecule has 0 aliphatic heterocycles. The van der Waals surface area contributed by atoms with Crippen LogP contribution in [0.1, 0.15) is 21.5 Å². The van der Waals surface area contributed by atoms with E-state index >= 15 is 0 Å². The fraction of sp³-hybridized carbons (Fsp3) is 0.133. The van der Waals surface area contributed by atoms with Crippen molar-refractivity contribution >= 4 is 28.4 Å². The van der Waals surface area contributed by atoms with Gasteiger partial charge in [0.15, 0.2) is 5.79 Å². The Bertz CT molecular complexity index is 795. The molecule has 7 heteroatoms. The molecular formula is C15H16IN5O. The Morgan fingerprint density at radius 3 is 2.09 bits per heavy atom. The van der Waals surface area contributed by atoms with Crippen LogP contribution < -0.4 is 28.7 Å². The number of benzene rings is 2. The van der Waals surface area contributed by atoms with Gasteiger partial charge in [-0.2, -0.15) is 0 Å². The van der Waals surface area contributed by atoms with Crippen LogP contribution >= 0.6 is 22.6 Å². The smallest absolute Gasteiger partial charge is 0.212 e. The first-order chi connectivity index (χ1) is 10.1. The molecule has 0 bridgehead atoms. The number of fused-ring (bicyclic) bond motifs is 3. The lowest BCUT2D eigenvalue weighted by atomic mass is 9.95. The Kier molecular flexibility index (Phi) is 3.40. The van der Waals surface area contributed by atoms with Crippen LogP contribution in [0.3, 0.4) is 0 Å². The second kappa shape index (κ2) is 4.82. The maximum Gasteiger partial charge on any atom is 0.212 e. The van der Waals surface area contributed by atoms with E-state index in [9.17, 15) is 4.79 Å². The summed E-state index contributed by atoms with van der Waals surface area (Å²) >= 11 is 2.20. The summed E-state index contributed by atoms with van der Waals surface area (Å²) < 4.78 is 1.03. The van der Waals surface area contributed by atoms with Gasteiger partial charge in [0.2, 0.25) is 5.78 Å². The second-order valence-electron chi connectivity index (χ2n) is 5.58. The van der Waals surface area contributed by atoms with Crippen molar-refractivity contribution in [1.82, 2.24) is 0 Å². The Hall–Kier alpha value is -1.36. The average molecular weight is 409 g/mol. The van der Waals surface area contributed by atoms with Crippen LogP contribution in [-0.2, 0) is 5.66 Å². The monoisotopic (exact) mass is 409 g/mol. The molecule has 0 spiro atoms. The van der Waals surface area contributed by atoms with Gasteiger partial charge in [0, 0.05) is 9.13 Å². The highest BCUT2D eigenvalue weighted by Crippen LogP contribution is 2.44. The van der Waals surface area contributed by atoms with E-state index in [1.54, 1.807) is 18.2 Å². The summed E-state index contributed by atoms with van der Waals surface area (Å²) in [7, 11) is 0. The molecular weight excluding hydrogens is 393 g/mol. The minimum absolute atomic E-state index is 0.286. The first-order valence-corrected chi connectivity index (χ1v) is 7.64. The third-order valence-corrected chi connectivity index (χ3v) is 4.51. The molecule has 2 aromatic carbocycles. The largest absolute Gasteiger partial charge is 0.306 e. The van der Waals surface area contributed by atoms with Crippen molar-refractivity contribution in [2.75, 3.05) is 0 Å². The van der Waals surface area contributed by atoms with Crippen LogP contribution in [0.5, 0.6) is 0 Å². The maximum absolute atomic E-state index is 12.1. The molecule has 0 saturated carbocycles. The topological polar surface area (TPSA) is 147 Å². The van der Waals surface area contributed by atoms with Crippen LogP contribution in [0.25, 0.3) is 11.1 Å². The van der Waals surface area contributed by atoms with Crippen molar-refractivity contribution < 1.29 is 4.79 Å². The lowest BCUT2D eigenvalue weighted by Crippen LogP contribution is -2.64. The quantitative estimate of drug-likeness (QED) is 0.270. The molecule has 2 aromatic rings. The van der Waals surface area contributed by atoms with E-state index < -0.39 is 17.2 Å². The van der Waals surface area contributed by atoms with E-state index in [0.717, 1.165) is 20.3 Å². The van der Waals surface area contributed by atoms with Crippen molar-refractivity contribution in [3.8, 4) is 11.1 Å². The zero-order valence-electron chi connectivity index (χ0n) is 11.6. The first-order valence-electron chi connectivity index (χ1n) is 6.56. The maximum atomic E-state index is 12.1. The zero-order chi connectivity index (χ0) is 16.3. The van der Waals surface area contributed by atoms with Gasteiger partial charge in [-0.05, 0) is 63.0 Å². The second-order valence-corrected chi connectivity index (χ2v) is 6.83. The Labute approximate surface area is 141 Å². The number of halogens is 1. The summed E-state index contributed by atoms with van der Waals surface area (Å²) in [4.78, 5) is 12.1. The van der Waals surface area contributed by atoms with Crippen LogP contribution in [-0.4, -0.2) is 11.6 Å². The molecule has 0 saturated heterocycles. The molecule has 114 valence electrons. The van der Waals surface area contributed by atoms with E-state index in [-0.39, 0.29) is 5.56 Å². The summed E-state index contributed by atoms with van der Waals surface area (Å²) in [5.41, 5.74) is 31.5. The van der Waals surface area contributed by atoms with Crippen LogP contribution in [0.2, 0.25) is 0 Å². The molecule has 0 fully saturated rings.